The molecule has 1 aliphatic heterocycles. The summed E-state index contributed by atoms with van der Waals surface area (Å²) in [5.74, 6) is -0.307. The fraction of sp³-hybridized carbons (Fsp3) is 0.571. The highest BCUT2D eigenvalue weighted by atomic mass is 19.4. The van der Waals surface area contributed by atoms with Gasteiger partial charge in [0, 0.05) is 24.8 Å². The highest BCUT2D eigenvalue weighted by Crippen LogP contribution is 2.28. The minimum atomic E-state index is -4.50. The van der Waals surface area contributed by atoms with Gasteiger partial charge < -0.3 is 10.6 Å². The van der Waals surface area contributed by atoms with E-state index in [-0.39, 0.29) is 23.6 Å². The number of alkyl halides is 3. The zero-order valence-corrected chi connectivity index (χ0v) is 11.7. The third-order valence-corrected chi connectivity index (χ3v) is 3.83. The van der Waals surface area contributed by atoms with Gasteiger partial charge in [0.25, 0.3) is 5.91 Å². The SMILES string of the molecule is CC1CCCC(CN)N1C(=O)c1ccc(C(F)(F)F)nc1. The minimum Gasteiger partial charge on any atom is -0.332 e. The van der Waals surface area contributed by atoms with E-state index in [0.29, 0.717) is 6.54 Å². The molecule has 2 rings (SSSR count). The van der Waals surface area contributed by atoms with Gasteiger partial charge in [-0.25, -0.2) is 0 Å². The zero-order chi connectivity index (χ0) is 15.6. The lowest BCUT2D eigenvalue weighted by atomic mass is 9.95. The van der Waals surface area contributed by atoms with Crippen molar-refractivity contribution in [2.45, 2.75) is 44.4 Å². The minimum absolute atomic E-state index is 0.0297. The van der Waals surface area contributed by atoms with E-state index in [1.54, 1.807) is 4.90 Å². The summed E-state index contributed by atoms with van der Waals surface area (Å²) in [5.41, 5.74) is 4.86. The second-order valence-electron chi connectivity index (χ2n) is 5.31. The number of carbonyl (C=O) groups is 1. The zero-order valence-electron chi connectivity index (χ0n) is 11.7. The van der Waals surface area contributed by atoms with Gasteiger partial charge in [0.2, 0.25) is 0 Å². The highest BCUT2D eigenvalue weighted by molar-refractivity contribution is 5.94. The van der Waals surface area contributed by atoms with Crippen LogP contribution in [0, 0.1) is 0 Å². The molecule has 1 saturated heterocycles. The summed E-state index contributed by atoms with van der Waals surface area (Å²) < 4.78 is 37.4. The van der Waals surface area contributed by atoms with Crippen LogP contribution >= 0.6 is 0 Å². The molecule has 2 N–H and O–H groups in total. The number of hydrogen-bond acceptors (Lipinski definition) is 3. The van der Waals surface area contributed by atoms with Crippen molar-refractivity contribution in [2.24, 2.45) is 5.73 Å². The molecule has 0 radical (unpaired) electrons. The number of pyridine rings is 1. The number of piperidine rings is 1. The van der Waals surface area contributed by atoms with Crippen molar-refractivity contribution in [3.8, 4) is 0 Å². The van der Waals surface area contributed by atoms with E-state index in [1.165, 1.54) is 6.07 Å². The van der Waals surface area contributed by atoms with Crippen molar-refractivity contribution < 1.29 is 18.0 Å². The molecule has 2 atom stereocenters. The van der Waals surface area contributed by atoms with Crippen molar-refractivity contribution >= 4 is 5.91 Å². The summed E-state index contributed by atoms with van der Waals surface area (Å²) in [5, 5.41) is 0. The molecule has 2 heterocycles. The van der Waals surface area contributed by atoms with Crippen molar-refractivity contribution in [1.29, 1.82) is 0 Å². The summed E-state index contributed by atoms with van der Waals surface area (Å²) in [7, 11) is 0. The maximum absolute atomic E-state index is 12.5. The Morgan fingerprint density at radius 3 is 2.67 bits per heavy atom. The molecule has 2 unspecified atom stereocenters. The Bertz CT molecular complexity index is 501. The molecule has 1 amide bonds. The van der Waals surface area contributed by atoms with Gasteiger partial charge in [-0.05, 0) is 38.3 Å². The molecule has 116 valence electrons. The molecular formula is C14H18F3N3O. The monoisotopic (exact) mass is 301 g/mol. The van der Waals surface area contributed by atoms with Crippen molar-refractivity contribution in [3.63, 3.8) is 0 Å². The van der Waals surface area contributed by atoms with Gasteiger partial charge in [-0.15, -0.1) is 0 Å². The van der Waals surface area contributed by atoms with Crippen LogP contribution < -0.4 is 5.73 Å². The molecule has 4 nitrogen and oxygen atoms in total. The normalized spacial score (nSPS) is 23.2. The summed E-state index contributed by atoms with van der Waals surface area (Å²) in [6, 6.07) is 1.97. The number of halogens is 3. The predicted octanol–water partition coefficient (Wildman–Crippen LogP) is 2.44. The van der Waals surface area contributed by atoms with Crippen LogP contribution in [0.1, 0.15) is 42.2 Å². The molecule has 0 bridgehead atoms. The highest BCUT2D eigenvalue weighted by Gasteiger charge is 2.34. The van der Waals surface area contributed by atoms with Crippen LogP contribution in [0.25, 0.3) is 0 Å². The van der Waals surface area contributed by atoms with E-state index >= 15 is 0 Å². The third kappa shape index (κ3) is 3.34. The number of amides is 1. The molecule has 1 aliphatic rings. The van der Waals surface area contributed by atoms with Crippen LogP contribution in [0.15, 0.2) is 18.3 Å². The predicted molar refractivity (Wildman–Crippen MR) is 71.6 cm³/mol. The first-order chi connectivity index (χ1) is 9.84. The Morgan fingerprint density at radius 1 is 1.43 bits per heavy atom. The smallest absolute Gasteiger partial charge is 0.332 e. The van der Waals surface area contributed by atoms with Crippen LogP contribution in [0.2, 0.25) is 0 Å². The maximum atomic E-state index is 12.5. The van der Waals surface area contributed by atoms with E-state index in [4.69, 9.17) is 5.73 Å². The summed E-state index contributed by atoms with van der Waals surface area (Å²) in [6.07, 6.45) is -0.825. The number of nitrogens with two attached hydrogens (primary N) is 1. The van der Waals surface area contributed by atoms with Crippen molar-refractivity contribution in [2.75, 3.05) is 6.54 Å². The van der Waals surface area contributed by atoms with Crippen LogP contribution in [0.4, 0.5) is 13.2 Å². The van der Waals surface area contributed by atoms with Gasteiger partial charge in [-0.3, -0.25) is 9.78 Å². The second kappa shape index (κ2) is 6.01. The number of nitrogens with zero attached hydrogens (tertiary/aromatic N) is 2. The Balaban J connectivity index is 2.22. The molecule has 0 aliphatic carbocycles. The summed E-state index contributed by atoms with van der Waals surface area (Å²) >= 11 is 0. The van der Waals surface area contributed by atoms with Gasteiger partial charge in [0.15, 0.2) is 0 Å². The van der Waals surface area contributed by atoms with E-state index < -0.39 is 11.9 Å². The van der Waals surface area contributed by atoms with Gasteiger partial charge in [0.05, 0.1) is 5.56 Å². The average Bonchev–Trinajstić information content (AvgIpc) is 2.45. The fourth-order valence-corrected chi connectivity index (χ4v) is 2.72. The lowest BCUT2D eigenvalue weighted by Gasteiger charge is -2.40. The fourth-order valence-electron chi connectivity index (χ4n) is 2.72. The van der Waals surface area contributed by atoms with Crippen LogP contribution in [-0.4, -0.2) is 34.4 Å². The maximum Gasteiger partial charge on any atom is 0.433 e. The van der Waals surface area contributed by atoms with Crippen molar-refractivity contribution in [3.05, 3.63) is 29.6 Å². The number of likely N-dealkylation sites (tertiary alicyclic amines) is 1. The van der Waals surface area contributed by atoms with E-state index in [2.05, 4.69) is 4.98 Å². The Morgan fingerprint density at radius 2 is 2.14 bits per heavy atom. The molecule has 7 heteroatoms. The second-order valence-corrected chi connectivity index (χ2v) is 5.31. The lowest BCUT2D eigenvalue weighted by Crippen LogP contribution is -2.51. The Labute approximate surface area is 121 Å². The van der Waals surface area contributed by atoms with E-state index in [0.717, 1.165) is 31.5 Å². The van der Waals surface area contributed by atoms with E-state index in [1.807, 2.05) is 6.92 Å². The molecule has 21 heavy (non-hydrogen) atoms. The molecule has 1 fully saturated rings. The van der Waals surface area contributed by atoms with Crippen molar-refractivity contribution in [1.82, 2.24) is 9.88 Å². The quantitative estimate of drug-likeness (QED) is 0.912. The van der Waals surface area contributed by atoms with Gasteiger partial charge >= 0.3 is 6.18 Å². The first-order valence-corrected chi connectivity index (χ1v) is 6.90. The van der Waals surface area contributed by atoms with E-state index in [9.17, 15) is 18.0 Å². The lowest BCUT2D eigenvalue weighted by molar-refractivity contribution is -0.141. The Hall–Kier alpha value is -1.63. The molecular weight excluding hydrogens is 283 g/mol. The summed E-state index contributed by atoms with van der Waals surface area (Å²) in [4.78, 5) is 17.5. The third-order valence-electron chi connectivity index (χ3n) is 3.83. The number of carbonyl (C=O) groups excluding carboxylic acids is 1. The number of aromatic nitrogens is 1. The number of hydrogen-bond donors (Lipinski definition) is 1. The molecule has 0 aromatic carbocycles. The van der Waals surface area contributed by atoms with Crippen LogP contribution in [0.5, 0.6) is 0 Å². The molecule has 1 aromatic rings. The van der Waals surface area contributed by atoms with Crippen LogP contribution in [-0.2, 0) is 6.18 Å². The standard InChI is InChI=1S/C14H18F3N3O/c1-9-3-2-4-11(7-18)20(9)13(21)10-5-6-12(19-8-10)14(15,16)17/h5-6,8-9,11H,2-4,7,18H2,1H3. The first kappa shape index (κ1) is 15.8. The average molecular weight is 301 g/mol. The Kier molecular flexibility index (Phi) is 4.51. The van der Waals surface area contributed by atoms with Gasteiger partial charge in [-0.2, -0.15) is 13.2 Å². The largest absolute Gasteiger partial charge is 0.433 e. The molecule has 0 spiro atoms. The topological polar surface area (TPSA) is 59.2 Å². The van der Waals surface area contributed by atoms with Gasteiger partial charge in [-0.1, -0.05) is 0 Å². The summed E-state index contributed by atoms with van der Waals surface area (Å²) in [6.45, 7) is 2.28. The number of rotatable bonds is 2. The molecule has 1 aromatic heterocycles. The van der Waals surface area contributed by atoms with Crippen LogP contribution in [0.3, 0.4) is 0 Å². The first-order valence-electron chi connectivity index (χ1n) is 6.90. The van der Waals surface area contributed by atoms with Gasteiger partial charge in [0.1, 0.15) is 5.69 Å². The molecule has 0 saturated carbocycles.